The normalized spacial score (nSPS) is 10.4. The maximum atomic E-state index is 11.4. The third kappa shape index (κ3) is 4.79. The Morgan fingerprint density at radius 3 is 1.88 bits per heavy atom. The second-order valence-corrected chi connectivity index (χ2v) is 7.83. The van der Waals surface area contributed by atoms with E-state index >= 15 is 0 Å². The fourth-order valence-corrected chi connectivity index (χ4v) is 2.96. The summed E-state index contributed by atoms with van der Waals surface area (Å²) in [7, 11) is 0. The van der Waals surface area contributed by atoms with Gasteiger partial charge in [-0.1, -0.05) is 11.6 Å². The quantitative estimate of drug-likeness (QED) is 0.234. The molecule has 0 amide bonds. The number of aromatic nitrogens is 2. The van der Waals surface area contributed by atoms with Crippen molar-refractivity contribution in [1.82, 2.24) is 9.97 Å². The first-order valence-corrected chi connectivity index (χ1v) is 9.66. The summed E-state index contributed by atoms with van der Waals surface area (Å²) < 4.78 is 2.24. The van der Waals surface area contributed by atoms with Gasteiger partial charge in [0.05, 0.1) is 5.56 Å². The van der Waals surface area contributed by atoms with Gasteiger partial charge < -0.3 is 10.6 Å². The predicted molar refractivity (Wildman–Crippen MR) is 117 cm³/mol. The molecule has 0 saturated heterocycles. The second kappa shape index (κ2) is 8.28. The summed E-state index contributed by atoms with van der Waals surface area (Å²) in [6.07, 6.45) is 0.645. The first-order chi connectivity index (χ1) is 12.0. The molecule has 0 aliphatic rings. The number of benzene rings is 2. The van der Waals surface area contributed by atoms with Crippen LogP contribution < -0.4 is 10.6 Å². The van der Waals surface area contributed by atoms with Crippen molar-refractivity contribution in [3.05, 3.63) is 66.4 Å². The highest BCUT2D eigenvalue weighted by Gasteiger charge is 2.13. The summed E-state index contributed by atoms with van der Waals surface area (Å²) >= 11 is 10.6. The van der Waals surface area contributed by atoms with Gasteiger partial charge in [0.2, 0.25) is 5.95 Å². The molecule has 0 saturated carbocycles. The van der Waals surface area contributed by atoms with Crippen molar-refractivity contribution in [1.29, 1.82) is 0 Å². The zero-order valence-electron chi connectivity index (χ0n) is 12.6. The molecule has 0 aliphatic heterocycles. The van der Waals surface area contributed by atoms with Gasteiger partial charge in [0.25, 0.3) is 0 Å². The van der Waals surface area contributed by atoms with Crippen LogP contribution in [0.15, 0.2) is 48.5 Å². The van der Waals surface area contributed by atoms with Crippen LogP contribution in [-0.4, -0.2) is 16.3 Å². The SMILES string of the molecule is O=Cc1c(Cl)nc(Nc2ccc(I)cc2)nc1Nc1ccc(I)cc1. The fraction of sp³-hybridized carbons (Fsp3) is 0. The Hall–Kier alpha value is -1.46. The number of hydrogen-bond acceptors (Lipinski definition) is 5. The zero-order chi connectivity index (χ0) is 17.8. The summed E-state index contributed by atoms with van der Waals surface area (Å²) in [5, 5.41) is 6.30. The summed E-state index contributed by atoms with van der Waals surface area (Å²) in [5.41, 5.74) is 1.85. The van der Waals surface area contributed by atoms with E-state index in [4.69, 9.17) is 11.6 Å². The van der Waals surface area contributed by atoms with Crippen molar-refractivity contribution in [2.75, 3.05) is 10.6 Å². The summed E-state index contributed by atoms with van der Waals surface area (Å²) in [6, 6.07) is 15.5. The molecule has 25 heavy (non-hydrogen) atoms. The fourth-order valence-electron chi connectivity index (χ4n) is 2.03. The zero-order valence-corrected chi connectivity index (χ0v) is 17.7. The average Bonchev–Trinajstić information content (AvgIpc) is 2.59. The van der Waals surface area contributed by atoms with E-state index in [1.807, 2.05) is 48.5 Å². The number of halogens is 3. The molecule has 3 rings (SSSR count). The highest BCUT2D eigenvalue weighted by Crippen LogP contribution is 2.26. The Morgan fingerprint density at radius 2 is 1.36 bits per heavy atom. The van der Waals surface area contributed by atoms with Gasteiger partial charge >= 0.3 is 0 Å². The summed E-state index contributed by atoms with van der Waals surface area (Å²) in [4.78, 5) is 19.9. The number of aldehydes is 1. The van der Waals surface area contributed by atoms with Crippen molar-refractivity contribution in [2.24, 2.45) is 0 Å². The van der Waals surface area contributed by atoms with Crippen LogP contribution in [0.4, 0.5) is 23.1 Å². The Balaban J connectivity index is 1.92. The highest BCUT2D eigenvalue weighted by atomic mass is 127. The molecule has 8 heteroatoms. The van der Waals surface area contributed by atoms with E-state index in [0.29, 0.717) is 18.1 Å². The molecule has 1 aromatic heterocycles. The van der Waals surface area contributed by atoms with Crippen LogP contribution in [0.25, 0.3) is 0 Å². The van der Waals surface area contributed by atoms with Crippen molar-refractivity contribution in [2.45, 2.75) is 0 Å². The molecule has 2 aromatic carbocycles. The monoisotopic (exact) mass is 576 g/mol. The van der Waals surface area contributed by atoms with Crippen LogP contribution in [0.2, 0.25) is 5.15 Å². The standard InChI is InChI=1S/C17H11ClI2N4O/c18-15-14(9-25)16(21-12-5-1-10(19)2-6-12)24-17(23-15)22-13-7-3-11(20)4-8-13/h1-9H,(H2,21,22,23,24). The van der Waals surface area contributed by atoms with Crippen molar-refractivity contribution >= 4 is 86.2 Å². The molecular weight excluding hydrogens is 565 g/mol. The number of anilines is 4. The van der Waals surface area contributed by atoms with Crippen LogP contribution in [0, 0.1) is 7.14 Å². The topological polar surface area (TPSA) is 66.9 Å². The maximum absolute atomic E-state index is 11.4. The summed E-state index contributed by atoms with van der Waals surface area (Å²) in [6.45, 7) is 0. The third-order valence-electron chi connectivity index (χ3n) is 3.22. The van der Waals surface area contributed by atoms with Gasteiger partial charge in [0.15, 0.2) is 6.29 Å². The Morgan fingerprint density at radius 1 is 0.840 bits per heavy atom. The molecule has 0 unspecified atom stereocenters. The lowest BCUT2D eigenvalue weighted by Gasteiger charge is -2.12. The lowest BCUT2D eigenvalue weighted by molar-refractivity contribution is 0.112. The third-order valence-corrected chi connectivity index (χ3v) is 4.95. The van der Waals surface area contributed by atoms with Gasteiger partial charge in [-0.15, -0.1) is 0 Å². The van der Waals surface area contributed by atoms with Gasteiger partial charge in [0.1, 0.15) is 11.0 Å². The van der Waals surface area contributed by atoms with Gasteiger partial charge in [-0.05, 0) is 93.7 Å². The number of nitrogens with one attached hydrogen (secondary N) is 2. The Kier molecular flexibility index (Phi) is 6.07. The number of hydrogen-bond donors (Lipinski definition) is 2. The maximum Gasteiger partial charge on any atom is 0.230 e. The Labute approximate surface area is 176 Å². The summed E-state index contributed by atoms with van der Waals surface area (Å²) in [5.74, 6) is 0.661. The first-order valence-electron chi connectivity index (χ1n) is 7.13. The van der Waals surface area contributed by atoms with E-state index in [0.717, 1.165) is 18.5 Å². The molecule has 0 aliphatic carbocycles. The number of nitrogens with zero attached hydrogens (tertiary/aromatic N) is 2. The predicted octanol–water partition coefficient (Wildman–Crippen LogP) is 5.64. The second-order valence-electron chi connectivity index (χ2n) is 4.98. The van der Waals surface area contributed by atoms with Crippen LogP contribution >= 0.6 is 56.8 Å². The van der Waals surface area contributed by atoms with Gasteiger partial charge in [-0.3, -0.25) is 4.79 Å². The van der Waals surface area contributed by atoms with Crippen LogP contribution in [0.3, 0.4) is 0 Å². The van der Waals surface area contributed by atoms with E-state index in [2.05, 4.69) is 65.8 Å². The molecule has 0 spiro atoms. The largest absolute Gasteiger partial charge is 0.339 e. The van der Waals surface area contributed by atoms with E-state index in [1.54, 1.807) is 0 Å². The molecule has 0 bridgehead atoms. The van der Waals surface area contributed by atoms with E-state index in [-0.39, 0.29) is 10.7 Å². The number of carbonyl (C=O) groups is 1. The molecule has 5 nitrogen and oxygen atoms in total. The Bertz CT molecular complexity index is 902. The molecular formula is C17H11ClI2N4O. The van der Waals surface area contributed by atoms with Crippen molar-refractivity contribution in [3.8, 4) is 0 Å². The molecule has 0 fully saturated rings. The number of rotatable bonds is 5. The number of carbonyl (C=O) groups excluding carboxylic acids is 1. The van der Waals surface area contributed by atoms with Crippen molar-refractivity contribution in [3.63, 3.8) is 0 Å². The molecule has 3 aromatic rings. The van der Waals surface area contributed by atoms with E-state index in [1.165, 1.54) is 0 Å². The van der Waals surface area contributed by atoms with Crippen molar-refractivity contribution < 1.29 is 4.79 Å². The van der Waals surface area contributed by atoms with Crippen LogP contribution in [0.1, 0.15) is 10.4 Å². The van der Waals surface area contributed by atoms with E-state index in [9.17, 15) is 4.79 Å². The van der Waals surface area contributed by atoms with Gasteiger partial charge in [-0.2, -0.15) is 9.97 Å². The molecule has 0 atom stereocenters. The van der Waals surface area contributed by atoms with Crippen LogP contribution in [0.5, 0.6) is 0 Å². The lowest BCUT2D eigenvalue weighted by atomic mass is 10.3. The van der Waals surface area contributed by atoms with Crippen LogP contribution in [-0.2, 0) is 0 Å². The molecule has 0 radical (unpaired) electrons. The minimum Gasteiger partial charge on any atom is -0.339 e. The molecule has 126 valence electrons. The van der Waals surface area contributed by atoms with E-state index < -0.39 is 0 Å². The minimum absolute atomic E-state index is 0.0889. The molecule has 2 N–H and O–H groups in total. The highest BCUT2D eigenvalue weighted by molar-refractivity contribution is 14.1. The average molecular weight is 577 g/mol. The lowest BCUT2D eigenvalue weighted by Crippen LogP contribution is -2.05. The minimum atomic E-state index is 0.0889. The first kappa shape index (κ1) is 18.3. The van der Waals surface area contributed by atoms with Gasteiger partial charge in [-0.25, -0.2) is 0 Å². The van der Waals surface area contributed by atoms with Gasteiger partial charge in [0, 0.05) is 18.5 Å². The molecule has 1 heterocycles. The smallest absolute Gasteiger partial charge is 0.230 e.